The third-order valence-corrected chi connectivity index (χ3v) is 7.28. The van der Waals surface area contributed by atoms with Crippen LogP contribution in [0.4, 0.5) is 0 Å². The van der Waals surface area contributed by atoms with E-state index in [4.69, 9.17) is 0 Å². The Morgan fingerprint density at radius 2 is 2.24 bits per heavy atom. The van der Waals surface area contributed by atoms with E-state index in [1.807, 2.05) is 11.3 Å². The molecule has 0 aromatic carbocycles. The topological polar surface area (TPSA) is 32.3 Å². The third-order valence-electron chi connectivity index (χ3n) is 4.85. The molecule has 21 heavy (non-hydrogen) atoms. The lowest BCUT2D eigenvalue weighted by atomic mass is 10.1. The van der Waals surface area contributed by atoms with Crippen LogP contribution >= 0.6 is 23.1 Å². The van der Waals surface area contributed by atoms with E-state index >= 15 is 0 Å². The van der Waals surface area contributed by atoms with E-state index in [2.05, 4.69) is 41.0 Å². The van der Waals surface area contributed by atoms with Gasteiger partial charge >= 0.3 is 0 Å². The zero-order chi connectivity index (χ0) is 14.4. The highest BCUT2D eigenvalue weighted by Gasteiger charge is 2.59. The molecule has 1 amide bonds. The van der Waals surface area contributed by atoms with Crippen LogP contribution in [-0.2, 0) is 4.79 Å². The van der Waals surface area contributed by atoms with E-state index in [-0.39, 0.29) is 11.7 Å². The summed E-state index contributed by atoms with van der Waals surface area (Å²) < 4.78 is 0. The van der Waals surface area contributed by atoms with Crippen molar-refractivity contribution in [2.45, 2.75) is 56.0 Å². The molecule has 1 saturated carbocycles. The van der Waals surface area contributed by atoms with Crippen molar-refractivity contribution in [3.8, 4) is 0 Å². The molecule has 1 aromatic heterocycles. The quantitative estimate of drug-likeness (QED) is 0.927. The Kier molecular flexibility index (Phi) is 3.55. The van der Waals surface area contributed by atoms with Crippen LogP contribution in [0.1, 0.15) is 48.0 Å². The highest BCUT2D eigenvalue weighted by atomic mass is 32.2. The first-order valence-corrected chi connectivity index (χ1v) is 9.81. The molecule has 2 unspecified atom stereocenters. The van der Waals surface area contributed by atoms with Crippen LogP contribution in [0.5, 0.6) is 0 Å². The van der Waals surface area contributed by atoms with Gasteiger partial charge < -0.3 is 4.90 Å². The summed E-state index contributed by atoms with van der Waals surface area (Å²) in [5.41, 5.74) is -0.206. The first-order chi connectivity index (χ1) is 10.2. The average molecular weight is 322 g/mol. The van der Waals surface area contributed by atoms with Crippen LogP contribution in [0.3, 0.4) is 0 Å². The standard InChI is InChI=1S/C16H22N2OS2/c1-11-5-6-13(21-11)14-17-16(7-8-16)15(19)18(14)10-12-4-2-3-9-20-12/h5-6,12,14,17H,2-4,7-10H2,1H3. The lowest BCUT2D eigenvalue weighted by Crippen LogP contribution is -2.37. The van der Waals surface area contributed by atoms with E-state index in [0.29, 0.717) is 11.2 Å². The average Bonchev–Trinajstić information content (AvgIpc) is 3.09. The van der Waals surface area contributed by atoms with E-state index in [9.17, 15) is 4.79 Å². The Morgan fingerprint density at radius 3 is 2.86 bits per heavy atom. The molecule has 1 aliphatic carbocycles. The summed E-state index contributed by atoms with van der Waals surface area (Å²) in [6.07, 6.45) is 6.06. The van der Waals surface area contributed by atoms with Gasteiger partial charge in [-0.15, -0.1) is 11.3 Å². The summed E-state index contributed by atoms with van der Waals surface area (Å²) in [4.78, 5) is 17.6. The van der Waals surface area contributed by atoms with Gasteiger partial charge in [0.05, 0.1) is 0 Å². The molecule has 0 radical (unpaired) electrons. The maximum absolute atomic E-state index is 12.8. The molecule has 3 aliphatic rings. The smallest absolute Gasteiger partial charge is 0.244 e. The van der Waals surface area contributed by atoms with Crippen molar-refractivity contribution >= 4 is 29.0 Å². The molecule has 3 fully saturated rings. The molecule has 3 nitrogen and oxygen atoms in total. The Hall–Kier alpha value is -0.520. The normalized spacial score (nSPS) is 31.1. The minimum Gasteiger partial charge on any atom is -0.319 e. The number of carbonyl (C=O) groups is 1. The molecule has 114 valence electrons. The zero-order valence-corrected chi connectivity index (χ0v) is 14.1. The lowest BCUT2D eigenvalue weighted by Gasteiger charge is -2.30. The summed E-state index contributed by atoms with van der Waals surface area (Å²) in [5, 5.41) is 4.26. The van der Waals surface area contributed by atoms with Gasteiger partial charge in [-0.2, -0.15) is 11.8 Å². The maximum atomic E-state index is 12.8. The minimum atomic E-state index is -0.206. The Morgan fingerprint density at radius 1 is 1.38 bits per heavy atom. The molecular weight excluding hydrogens is 300 g/mol. The van der Waals surface area contributed by atoms with Crippen LogP contribution in [-0.4, -0.2) is 33.9 Å². The summed E-state index contributed by atoms with van der Waals surface area (Å²) in [7, 11) is 0. The number of rotatable bonds is 3. The minimum absolute atomic E-state index is 0.112. The summed E-state index contributed by atoms with van der Waals surface area (Å²) in [6.45, 7) is 3.05. The molecule has 5 heteroatoms. The fourth-order valence-electron chi connectivity index (χ4n) is 3.46. The van der Waals surface area contributed by atoms with Crippen LogP contribution in [0.2, 0.25) is 0 Å². The molecule has 2 saturated heterocycles. The number of amides is 1. The second-order valence-corrected chi connectivity index (χ2v) is 9.25. The van der Waals surface area contributed by atoms with Crippen molar-refractivity contribution in [2.75, 3.05) is 12.3 Å². The van der Waals surface area contributed by atoms with Crippen molar-refractivity contribution in [1.82, 2.24) is 10.2 Å². The third kappa shape index (κ3) is 2.53. The summed E-state index contributed by atoms with van der Waals surface area (Å²) in [5.74, 6) is 1.61. The first kappa shape index (κ1) is 14.1. The molecule has 4 rings (SSSR count). The second-order valence-electron chi connectivity index (χ2n) is 6.52. The van der Waals surface area contributed by atoms with E-state index in [1.165, 1.54) is 34.8 Å². The number of thiophene rings is 1. The van der Waals surface area contributed by atoms with Gasteiger partial charge in [0.25, 0.3) is 0 Å². The van der Waals surface area contributed by atoms with Crippen molar-refractivity contribution in [3.05, 3.63) is 21.9 Å². The molecule has 0 bridgehead atoms. The van der Waals surface area contributed by atoms with Crippen LogP contribution < -0.4 is 5.32 Å². The predicted molar refractivity (Wildman–Crippen MR) is 88.7 cm³/mol. The molecular formula is C16H22N2OS2. The van der Waals surface area contributed by atoms with E-state index < -0.39 is 0 Å². The lowest BCUT2D eigenvalue weighted by molar-refractivity contribution is -0.130. The van der Waals surface area contributed by atoms with Crippen LogP contribution in [0, 0.1) is 6.92 Å². The predicted octanol–water partition coefficient (Wildman–Crippen LogP) is 3.31. The van der Waals surface area contributed by atoms with Crippen molar-refractivity contribution in [2.24, 2.45) is 0 Å². The highest BCUT2D eigenvalue weighted by molar-refractivity contribution is 7.99. The van der Waals surface area contributed by atoms with Crippen LogP contribution in [0.15, 0.2) is 12.1 Å². The van der Waals surface area contributed by atoms with E-state index in [0.717, 1.165) is 19.4 Å². The van der Waals surface area contributed by atoms with Gasteiger partial charge in [0.1, 0.15) is 11.7 Å². The van der Waals surface area contributed by atoms with Gasteiger partial charge in [-0.1, -0.05) is 6.42 Å². The molecule has 2 atom stereocenters. The van der Waals surface area contributed by atoms with Gasteiger partial charge in [-0.3, -0.25) is 10.1 Å². The van der Waals surface area contributed by atoms with Crippen molar-refractivity contribution < 1.29 is 4.79 Å². The molecule has 1 aromatic rings. The number of aryl methyl sites for hydroxylation is 1. The summed E-state index contributed by atoms with van der Waals surface area (Å²) in [6, 6.07) is 4.35. The SMILES string of the molecule is Cc1ccc(C2NC3(CC3)C(=O)N2CC2CCCCS2)s1. The second kappa shape index (κ2) is 5.28. The monoisotopic (exact) mass is 322 g/mol. The highest BCUT2D eigenvalue weighted by Crippen LogP contribution is 2.47. The van der Waals surface area contributed by atoms with Gasteiger partial charge in [-0.05, 0) is 50.5 Å². The van der Waals surface area contributed by atoms with Crippen molar-refractivity contribution in [1.29, 1.82) is 0 Å². The zero-order valence-electron chi connectivity index (χ0n) is 12.4. The Labute approximate surface area is 134 Å². The first-order valence-electron chi connectivity index (χ1n) is 7.95. The Bertz CT molecular complexity index is 546. The van der Waals surface area contributed by atoms with Gasteiger partial charge in [0.15, 0.2) is 0 Å². The number of carbonyl (C=O) groups excluding carboxylic acids is 1. The summed E-state index contributed by atoms with van der Waals surface area (Å²) >= 11 is 3.87. The number of hydrogen-bond donors (Lipinski definition) is 1. The van der Waals surface area contributed by atoms with Gasteiger partial charge in [0.2, 0.25) is 5.91 Å². The molecule has 3 heterocycles. The molecule has 1 spiro atoms. The van der Waals surface area contributed by atoms with Crippen LogP contribution in [0.25, 0.3) is 0 Å². The van der Waals surface area contributed by atoms with E-state index in [1.54, 1.807) is 0 Å². The van der Waals surface area contributed by atoms with Crippen molar-refractivity contribution in [3.63, 3.8) is 0 Å². The molecule has 2 aliphatic heterocycles. The fraction of sp³-hybridized carbons (Fsp3) is 0.688. The number of hydrogen-bond acceptors (Lipinski definition) is 4. The van der Waals surface area contributed by atoms with Gasteiger partial charge in [0, 0.05) is 21.5 Å². The Balaban J connectivity index is 1.56. The fourth-order valence-corrected chi connectivity index (χ4v) is 5.71. The number of nitrogens with one attached hydrogen (secondary N) is 1. The van der Waals surface area contributed by atoms with Gasteiger partial charge in [-0.25, -0.2) is 0 Å². The number of thioether (sulfide) groups is 1. The molecule has 1 N–H and O–H groups in total. The maximum Gasteiger partial charge on any atom is 0.244 e. The number of nitrogens with zero attached hydrogens (tertiary/aromatic N) is 1. The largest absolute Gasteiger partial charge is 0.319 e.